The van der Waals surface area contributed by atoms with Gasteiger partial charge in [0.2, 0.25) is 0 Å². The highest BCUT2D eigenvalue weighted by Gasteiger charge is 2.77. The van der Waals surface area contributed by atoms with Gasteiger partial charge in [0.1, 0.15) is 0 Å². The van der Waals surface area contributed by atoms with Gasteiger partial charge in [-0.25, -0.2) is 4.79 Å². The van der Waals surface area contributed by atoms with E-state index in [2.05, 4.69) is 0 Å². The van der Waals surface area contributed by atoms with Crippen LogP contribution in [-0.4, -0.2) is 41.3 Å². The molecule has 0 aliphatic heterocycles. The normalized spacial score (nSPS) is 17.6. The van der Waals surface area contributed by atoms with Crippen molar-refractivity contribution < 1.29 is 62.9 Å². The van der Waals surface area contributed by atoms with Gasteiger partial charge in [0.15, 0.2) is 0 Å². The lowest BCUT2D eigenvalue weighted by Gasteiger charge is -2.33. The Morgan fingerprint density at radius 2 is 1.23 bits per heavy atom. The number of halogens is 11. The fourth-order valence-corrected chi connectivity index (χ4v) is 0.780. The predicted molar refractivity (Wildman–Crippen MR) is 43.7 cm³/mol. The van der Waals surface area contributed by atoms with Crippen LogP contribution >= 0.6 is 0 Å². The van der Waals surface area contributed by atoms with Gasteiger partial charge in [-0.1, -0.05) is 0 Å². The zero-order valence-electron chi connectivity index (χ0n) is 9.58. The SMILES string of the molecule is O=C(O)/C=C/[C@](F)(OC(F)(F)C(F)(F)C(F)(F)F)C(F)(F)F. The zero-order chi connectivity index (χ0) is 18.2. The molecule has 0 aliphatic rings. The van der Waals surface area contributed by atoms with Gasteiger partial charge in [-0.2, -0.15) is 48.3 Å². The van der Waals surface area contributed by atoms with Crippen molar-refractivity contribution in [1.82, 2.24) is 0 Å². The van der Waals surface area contributed by atoms with Crippen LogP contribution in [0.1, 0.15) is 0 Å². The van der Waals surface area contributed by atoms with E-state index in [4.69, 9.17) is 5.11 Å². The maximum Gasteiger partial charge on any atom is 0.462 e. The minimum Gasteiger partial charge on any atom is -0.478 e. The van der Waals surface area contributed by atoms with Gasteiger partial charge in [0.05, 0.1) is 0 Å². The quantitative estimate of drug-likeness (QED) is 0.604. The van der Waals surface area contributed by atoms with Gasteiger partial charge in [0.25, 0.3) is 0 Å². The number of hydrogen-bond donors (Lipinski definition) is 1. The van der Waals surface area contributed by atoms with E-state index in [1.54, 1.807) is 0 Å². The Morgan fingerprint density at radius 3 is 1.50 bits per heavy atom. The maximum absolute atomic E-state index is 13.2. The summed E-state index contributed by atoms with van der Waals surface area (Å²) in [7, 11) is 0. The molecule has 0 saturated heterocycles. The summed E-state index contributed by atoms with van der Waals surface area (Å²) >= 11 is 0. The molecule has 0 fully saturated rings. The smallest absolute Gasteiger partial charge is 0.462 e. The first-order valence-electron chi connectivity index (χ1n) is 4.58. The molecular weight excluding hydrogens is 353 g/mol. The summed E-state index contributed by atoms with van der Waals surface area (Å²) in [6.07, 6.45) is -22.7. The van der Waals surface area contributed by atoms with Crippen molar-refractivity contribution >= 4 is 5.97 Å². The van der Waals surface area contributed by atoms with E-state index in [1.807, 2.05) is 4.74 Å². The van der Waals surface area contributed by atoms with E-state index in [-0.39, 0.29) is 0 Å². The summed E-state index contributed by atoms with van der Waals surface area (Å²) in [4.78, 5) is 9.90. The summed E-state index contributed by atoms with van der Waals surface area (Å²) in [5.41, 5.74) is 0. The number of alkyl halides is 11. The Bertz CT molecular complexity index is 449. The van der Waals surface area contributed by atoms with Gasteiger partial charge < -0.3 is 5.11 Å². The third-order valence-corrected chi connectivity index (χ3v) is 1.83. The van der Waals surface area contributed by atoms with E-state index in [0.29, 0.717) is 0 Å². The second-order valence-corrected chi connectivity index (χ2v) is 3.51. The Hall–Kier alpha value is -1.60. The van der Waals surface area contributed by atoms with Crippen molar-refractivity contribution in [2.75, 3.05) is 0 Å². The van der Waals surface area contributed by atoms with Crippen molar-refractivity contribution in [3.8, 4) is 0 Å². The number of hydrogen-bond acceptors (Lipinski definition) is 2. The number of rotatable bonds is 5. The molecule has 0 aliphatic carbocycles. The first kappa shape index (κ1) is 20.4. The molecule has 0 aromatic carbocycles. The number of ether oxygens (including phenoxy) is 1. The molecule has 0 spiro atoms. The lowest BCUT2D eigenvalue weighted by molar-refractivity contribution is -0.473. The first-order valence-corrected chi connectivity index (χ1v) is 4.58. The molecular formula is C8H3F11O3. The highest BCUT2D eigenvalue weighted by molar-refractivity contribution is 5.79. The molecule has 0 aromatic heterocycles. The molecule has 0 bridgehead atoms. The van der Waals surface area contributed by atoms with E-state index in [9.17, 15) is 53.1 Å². The molecule has 0 heterocycles. The van der Waals surface area contributed by atoms with E-state index in [1.165, 1.54) is 0 Å². The molecule has 1 atom stereocenters. The van der Waals surface area contributed by atoms with Gasteiger partial charge in [0, 0.05) is 6.08 Å². The molecule has 0 unspecified atom stereocenters. The Morgan fingerprint density at radius 1 is 0.818 bits per heavy atom. The minimum absolute atomic E-state index is 0.769. The molecule has 0 saturated carbocycles. The summed E-state index contributed by atoms with van der Waals surface area (Å²) in [6.45, 7) is 0. The monoisotopic (exact) mass is 356 g/mol. The van der Waals surface area contributed by atoms with Crippen LogP contribution in [-0.2, 0) is 9.53 Å². The number of carboxylic acids is 1. The molecule has 0 radical (unpaired) electrons. The van der Waals surface area contributed by atoms with Gasteiger partial charge in [-0.05, 0) is 6.08 Å². The summed E-state index contributed by atoms with van der Waals surface area (Å²) in [6, 6.07) is 0. The molecule has 0 amide bonds. The molecule has 130 valence electrons. The minimum atomic E-state index is -7.18. The maximum atomic E-state index is 13.2. The molecule has 3 nitrogen and oxygen atoms in total. The first-order chi connectivity index (χ1) is 9.37. The third kappa shape index (κ3) is 3.98. The summed E-state index contributed by atoms with van der Waals surface area (Å²) in [5, 5.41) is 7.94. The standard InChI is InChI=1S/C8H3F11O3/c9-4(6(12,13)14,2-1-3(20)21)22-8(18,19)5(10,11)7(15,16)17/h1-2H,(H,20,21)/b2-1+/t4-/m0/s1. The van der Waals surface area contributed by atoms with Crippen LogP contribution in [0.2, 0.25) is 0 Å². The van der Waals surface area contributed by atoms with Crippen LogP contribution in [0.4, 0.5) is 48.3 Å². The highest BCUT2D eigenvalue weighted by atomic mass is 19.4. The largest absolute Gasteiger partial charge is 0.478 e. The van der Waals surface area contributed by atoms with E-state index < -0.39 is 48.4 Å². The predicted octanol–water partition coefficient (Wildman–Crippen LogP) is 3.66. The third-order valence-electron chi connectivity index (χ3n) is 1.83. The average molecular weight is 356 g/mol. The Kier molecular flexibility index (Phi) is 5.15. The second kappa shape index (κ2) is 5.55. The number of aliphatic carboxylic acids is 1. The fraction of sp³-hybridized carbons (Fsp3) is 0.625. The molecule has 1 N–H and O–H groups in total. The lowest BCUT2D eigenvalue weighted by atomic mass is 10.2. The van der Waals surface area contributed by atoms with Crippen LogP contribution in [0.5, 0.6) is 0 Å². The van der Waals surface area contributed by atoms with Crippen LogP contribution in [0.3, 0.4) is 0 Å². The van der Waals surface area contributed by atoms with Crippen molar-refractivity contribution in [3.63, 3.8) is 0 Å². The summed E-state index contributed by atoms with van der Waals surface area (Å²) in [5.74, 6) is -15.4. The molecule has 14 heteroatoms. The van der Waals surface area contributed by atoms with Crippen LogP contribution in [0, 0.1) is 0 Å². The van der Waals surface area contributed by atoms with Crippen molar-refractivity contribution in [2.24, 2.45) is 0 Å². The highest BCUT2D eigenvalue weighted by Crippen LogP contribution is 2.51. The number of carboxylic acid groups (broad SMARTS) is 1. The van der Waals surface area contributed by atoms with Gasteiger partial charge in [-0.15, -0.1) is 0 Å². The lowest BCUT2D eigenvalue weighted by Crippen LogP contribution is -2.58. The van der Waals surface area contributed by atoms with Crippen molar-refractivity contribution in [2.45, 2.75) is 30.2 Å². The Balaban J connectivity index is 5.82. The van der Waals surface area contributed by atoms with Crippen LogP contribution in [0.15, 0.2) is 12.2 Å². The van der Waals surface area contributed by atoms with Crippen molar-refractivity contribution in [3.05, 3.63) is 12.2 Å². The molecule has 22 heavy (non-hydrogen) atoms. The van der Waals surface area contributed by atoms with E-state index in [0.717, 1.165) is 0 Å². The van der Waals surface area contributed by atoms with Crippen molar-refractivity contribution in [1.29, 1.82) is 0 Å². The van der Waals surface area contributed by atoms with Crippen LogP contribution in [0.25, 0.3) is 0 Å². The van der Waals surface area contributed by atoms with Crippen LogP contribution < -0.4 is 0 Å². The average Bonchev–Trinajstić information content (AvgIpc) is 2.22. The zero-order valence-corrected chi connectivity index (χ0v) is 9.58. The van der Waals surface area contributed by atoms with Gasteiger partial charge in [-0.3, -0.25) is 4.74 Å². The van der Waals surface area contributed by atoms with Gasteiger partial charge >= 0.3 is 36.2 Å². The topological polar surface area (TPSA) is 46.5 Å². The second-order valence-electron chi connectivity index (χ2n) is 3.51. The summed E-state index contributed by atoms with van der Waals surface area (Å²) < 4.78 is 137. The molecule has 0 aromatic rings. The number of carbonyl (C=O) groups is 1. The fourth-order valence-electron chi connectivity index (χ4n) is 0.780. The Labute approximate surface area is 112 Å². The molecule has 0 rings (SSSR count). The van der Waals surface area contributed by atoms with E-state index >= 15 is 0 Å².